The highest BCUT2D eigenvalue weighted by molar-refractivity contribution is 7.90. The molecule has 0 aromatic heterocycles. The first-order chi connectivity index (χ1) is 9.75. The van der Waals surface area contributed by atoms with Gasteiger partial charge in [0.25, 0.3) is 5.91 Å². The lowest BCUT2D eigenvalue weighted by Gasteiger charge is -2.26. The molecule has 21 heavy (non-hydrogen) atoms. The number of carbonyl (C=O) groups is 1. The summed E-state index contributed by atoms with van der Waals surface area (Å²) in [7, 11) is -3.41. The van der Waals surface area contributed by atoms with E-state index in [1.54, 1.807) is 0 Å². The van der Waals surface area contributed by atoms with Crippen LogP contribution >= 0.6 is 0 Å². The topological polar surface area (TPSA) is 109 Å². The van der Waals surface area contributed by atoms with E-state index < -0.39 is 9.84 Å². The Bertz CT molecular complexity index is 634. The van der Waals surface area contributed by atoms with Crippen LogP contribution in [0.1, 0.15) is 36.0 Å². The lowest BCUT2D eigenvalue weighted by molar-refractivity contribution is 0.0867. The van der Waals surface area contributed by atoms with E-state index in [1.165, 1.54) is 18.2 Å². The van der Waals surface area contributed by atoms with Crippen LogP contribution in [0, 0.1) is 0 Å². The summed E-state index contributed by atoms with van der Waals surface area (Å²) in [5.74, 6) is -0.339. The van der Waals surface area contributed by atoms with Gasteiger partial charge in [0.2, 0.25) is 0 Å². The second kappa shape index (κ2) is 6.03. The van der Waals surface area contributed by atoms with E-state index in [1.807, 2.05) is 0 Å². The Hall–Kier alpha value is -1.60. The Morgan fingerprint density at radius 1 is 1.24 bits per heavy atom. The van der Waals surface area contributed by atoms with Gasteiger partial charge >= 0.3 is 0 Å². The van der Waals surface area contributed by atoms with Crippen molar-refractivity contribution in [3.63, 3.8) is 0 Å². The van der Waals surface area contributed by atoms with E-state index in [0.717, 1.165) is 6.26 Å². The number of hydrogen-bond donors (Lipinski definition) is 3. The van der Waals surface area contributed by atoms with Crippen LogP contribution in [0.4, 0.5) is 5.69 Å². The first-order valence-electron chi connectivity index (χ1n) is 6.85. The Kier molecular flexibility index (Phi) is 4.53. The number of hydrogen-bond acceptors (Lipinski definition) is 5. The highest BCUT2D eigenvalue weighted by atomic mass is 32.2. The maximum Gasteiger partial charge on any atom is 0.251 e. The molecule has 1 aliphatic carbocycles. The van der Waals surface area contributed by atoms with Gasteiger partial charge in [-0.2, -0.15) is 0 Å². The Morgan fingerprint density at radius 3 is 2.43 bits per heavy atom. The fraction of sp³-hybridized carbons (Fsp3) is 0.500. The number of aliphatic hydroxyl groups excluding tert-OH is 1. The van der Waals surface area contributed by atoms with E-state index >= 15 is 0 Å². The molecule has 7 heteroatoms. The summed E-state index contributed by atoms with van der Waals surface area (Å²) in [5.41, 5.74) is 6.14. The van der Waals surface area contributed by atoms with Crippen LogP contribution in [0.3, 0.4) is 0 Å². The van der Waals surface area contributed by atoms with Crippen molar-refractivity contribution in [1.29, 1.82) is 0 Å². The molecule has 0 unspecified atom stereocenters. The van der Waals surface area contributed by atoms with Crippen molar-refractivity contribution in [2.24, 2.45) is 0 Å². The number of amides is 1. The summed E-state index contributed by atoms with van der Waals surface area (Å²) in [6, 6.07) is 4.13. The standard InChI is InChI=1S/C14H20N2O4S/c1-21(19,20)13-7-9(6-10(15)8-13)14(18)16-11-2-4-12(17)5-3-11/h6-8,11-12,17H,2-5,15H2,1H3,(H,16,18). The van der Waals surface area contributed by atoms with Crippen LogP contribution in [0.25, 0.3) is 0 Å². The molecule has 0 radical (unpaired) electrons. The lowest BCUT2D eigenvalue weighted by Crippen LogP contribution is -2.38. The fourth-order valence-corrected chi connectivity index (χ4v) is 3.15. The molecule has 4 N–H and O–H groups in total. The molecule has 116 valence electrons. The minimum absolute atomic E-state index is 0.00372. The van der Waals surface area contributed by atoms with Gasteiger partial charge in [0, 0.05) is 23.5 Å². The van der Waals surface area contributed by atoms with Gasteiger partial charge in [-0.3, -0.25) is 4.79 Å². The maximum absolute atomic E-state index is 12.2. The molecular weight excluding hydrogens is 292 g/mol. The van der Waals surface area contributed by atoms with Crippen LogP contribution in [0.2, 0.25) is 0 Å². The summed E-state index contributed by atoms with van der Waals surface area (Å²) in [6.07, 6.45) is 3.55. The van der Waals surface area contributed by atoms with Gasteiger partial charge in [0.1, 0.15) is 0 Å². The van der Waals surface area contributed by atoms with Gasteiger partial charge in [-0.1, -0.05) is 0 Å². The number of rotatable bonds is 3. The molecule has 1 saturated carbocycles. The first kappa shape index (κ1) is 15.8. The van der Waals surface area contributed by atoms with E-state index in [9.17, 15) is 18.3 Å². The van der Waals surface area contributed by atoms with Crippen molar-refractivity contribution in [3.8, 4) is 0 Å². The van der Waals surface area contributed by atoms with Crippen molar-refractivity contribution < 1.29 is 18.3 Å². The number of nitrogen functional groups attached to an aromatic ring is 1. The van der Waals surface area contributed by atoms with Crippen LogP contribution in [-0.4, -0.2) is 37.8 Å². The Labute approximate surface area is 124 Å². The Morgan fingerprint density at radius 2 is 1.86 bits per heavy atom. The summed E-state index contributed by atoms with van der Waals surface area (Å²) < 4.78 is 23.1. The van der Waals surface area contributed by atoms with Gasteiger partial charge in [-0.15, -0.1) is 0 Å². The summed E-state index contributed by atoms with van der Waals surface area (Å²) in [4.78, 5) is 12.2. The highest BCUT2D eigenvalue weighted by Crippen LogP contribution is 2.20. The third-order valence-electron chi connectivity index (χ3n) is 3.65. The predicted molar refractivity (Wildman–Crippen MR) is 79.7 cm³/mol. The van der Waals surface area contributed by atoms with Crippen LogP contribution < -0.4 is 11.1 Å². The monoisotopic (exact) mass is 312 g/mol. The molecule has 0 bridgehead atoms. The molecule has 6 nitrogen and oxygen atoms in total. The zero-order valence-electron chi connectivity index (χ0n) is 11.9. The molecule has 1 amide bonds. The smallest absolute Gasteiger partial charge is 0.251 e. The molecule has 0 saturated heterocycles. The molecule has 0 spiro atoms. The van der Waals surface area contributed by atoms with E-state index in [4.69, 9.17) is 5.73 Å². The Balaban J connectivity index is 2.14. The maximum atomic E-state index is 12.2. The molecular formula is C14H20N2O4S. The zero-order valence-corrected chi connectivity index (χ0v) is 12.7. The lowest BCUT2D eigenvalue weighted by atomic mass is 9.93. The molecule has 1 aliphatic rings. The van der Waals surface area contributed by atoms with Crippen molar-refractivity contribution in [2.45, 2.75) is 42.7 Å². The van der Waals surface area contributed by atoms with Crippen LogP contribution in [0.15, 0.2) is 23.1 Å². The SMILES string of the molecule is CS(=O)(=O)c1cc(N)cc(C(=O)NC2CCC(O)CC2)c1. The molecule has 1 fully saturated rings. The zero-order chi connectivity index (χ0) is 15.6. The molecule has 0 heterocycles. The number of carbonyl (C=O) groups excluding carboxylic acids is 1. The average molecular weight is 312 g/mol. The van der Waals surface area contributed by atoms with Crippen molar-refractivity contribution in [1.82, 2.24) is 5.32 Å². The van der Waals surface area contributed by atoms with Crippen LogP contribution in [0.5, 0.6) is 0 Å². The molecule has 1 aromatic rings. The van der Waals surface area contributed by atoms with E-state index in [-0.39, 0.29) is 34.2 Å². The summed E-state index contributed by atoms with van der Waals surface area (Å²) in [6.45, 7) is 0. The van der Waals surface area contributed by atoms with Gasteiger partial charge in [0.05, 0.1) is 11.0 Å². The number of nitrogens with one attached hydrogen (secondary N) is 1. The summed E-state index contributed by atoms with van der Waals surface area (Å²) >= 11 is 0. The minimum atomic E-state index is -3.41. The highest BCUT2D eigenvalue weighted by Gasteiger charge is 2.22. The number of aliphatic hydroxyl groups is 1. The molecule has 0 atom stereocenters. The second-order valence-electron chi connectivity index (χ2n) is 5.54. The third-order valence-corrected chi connectivity index (χ3v) is 4.74. The largest absolute Gasteiger partial charge is 0.399 e. The summed E-state index contributed by atoms with van der Waals surface area (Å²) in [5, 5.41) is 12.3. The quantitative estimate of drug-likeness (QED) is 0.712. The van der Waals surface area contributed by atoms with Crippen molar-refractivity contribution in [3.05, 3.63) is 23.8 Å². The second-order valence-corrected chi connectivity index (χ2v) is 7.56. The number of benzene rings is 1. The fourth-order valence-electron chi connectivity index (χ4n) is 2.46. The molecule has 2 rings (SSSR count). The third kappa shape index (κ3) is 4.18. The van der Waals surface area contributed by atoms with Crippen molar-refractivity contribution in [2.75, 3.05) is 12.0 Å². The number of nitrogens with two attached hydrogens (primary N) is 1. The number of sulfone groups is 1. The van der Waals surface area contributed by atoms with Crippen molar-refractivity contribution >= 4 is 21.4 Å². The molecule has 1 aromatic carbocycles. The number of anilines is 1. The van der Waals surface area contributed by atoms with E-state index in [2.05, 4.69) is 5.32 Å². The van der Waals surface area contributed by atoms with E-state index in [0.29, 0.717) is 25.7 Å². The molecule has 0 aliphatic heterocycles. The van der Waals surface area contributed by atoms with Crippen LogP contribution in [-0.2, 0) is 9.84 Å². The predicted octanol–water partition coefficient (Wildman–Crippen LogP) is 0.706. The first-order valence-corrected chi connectivity index (χ1v) is 8.74. The van der Waals surface area contributed by atoms with Gasteiger partial charge in [0.15, 0.2) is 9.84 Å². The van der Waals surface area contributed by atoms with Gasteiger partial charge < -0.3 is 16.2 Å². The minimum Gasteiger partial charge on any atom is -0.399 e. The van der Waals surface area contributed by atoms with Gasteiger partial charge in [-0.05, 0) is 43.9 Å². The van der Waals surface area contributed by atoms with Gasteiger partial charge in [-0.25, -0.2) is 8.42 Å². The normalized spacial score (nSPS) is 22.8. The average Bonchev–Trinajstić information content (AvgIpc) is 2.39.